The summed E-state index contributed by atoms with van der Waals surface area (Å²) in [5.74, 6) is 2.96. The molecule has 3 heteroatoms. The number of rotatable bonds is 8. The van der Waals surface area contributed by atoms with Crippen molar-refractivity contribution < 1.29 is 13.6 Å². The lowest BCUT2D eigenvalue weighted by atomic mass is 9.92. The molecule has 0 N–H and O–H groups in total. The van der Waals surface area contributed by atoms with Gasteiger partial charge in [-0.3, -0.25) is 4.79 Å². The van der Waals surface area contributed by atoms with E-state index in [0.29, 0.717) is 30.5 Å². The van der Waals surface area contributed by atoms with E-state index in [1.165, 1.54) is 11.1 Å². The number of ketones is 1. The number of carbonyl (C=O) groups is 1. The molecule has 2 heterocycles. The zero-order valence-electron chi connectivity index (χ0n) is 14.0. The van der Waals surface area contributed by atoms with Crippen LogP contribution in [0, 0.1) is 25.7 Å². The maximum Gasteiger partial charge on any atom is 0.133 e. The van der Waals surface area contributed by atoms with Crippen LogP contribution >= 0.6 is 0 Å². The lowest BCUT2D eigenvalue weighted by molar-refractivity contribution is -0.120. The third kappa shape index (κ3) is 4.62. The Hall–Kier alpha value is -1.77. The highest BCUT2D eigenvalue weighted by Gasteiger charge is 2.17. The van der Waals surface area contributed by atoms with Gasteiger partial charge in [-0.2, -0.15) is 0 Å². The van der Waals surface area contributed by atoms with Crippen LogP contribution in [0.15, 0.2) is 33.5 Å². The van der Waals surface area contributed by atoms with Gasteiger partial charge in [0.05, 0.1) is 12.5 Å². The molecule has 3 nitrogen and oxygen atoms in total. The molecule has 0 saturated carbocycles. The SMILES string of the molecule is Cc1ccoc1CC(C)CC(=O)CC(C)Cc1occc1C. The van der Waals surface area contributed by atoms with Gasteiger partial charge in [0.2, 0.25) is 0 Å². The minimum atomic E-state index is 0.315. The van der Waals surface area contributed by atoms with Crippen molar-refractivity contribution in [2.24, 2.45) is 11.8 Å². The van der Waals surface area contributed by atoms with Crippen molar-refractivity contribution in [3.8, 4) is 0 Å². The molecule has 0 amide bonds. The van der Waals surface area contributed by atoms with Gasteiger partial charge in [-0.1, -0.05) is 13.8 Å². The Morgan fingerprint density at radius 3 is 1.64 bits per heavy atom. The molecule has 0 bridgehead atoms. The second kappa shape index (κ2) is 7.48. The third-order valence-electron chi connectivity index (χ3n) is 4.16. The highest BCUT2D eigenvalue weighted by Crippen LogP contribution is 2.20. The molecule has 0 saturated heterocycles. The minimum Gasteiger partial charge on any atom is -0.469 e. The smallest absolute Gasteiger partial charge is 0.133 e. The highest BCUT2D eigenvalue weighted by atomic mass is 16.3. The van der Waals surface area contributed by atoms with E-state index in [-0.39, 0.29) is 0 Å². The van der Waals surface area contributed by atoms with Crippen molar-refractivity contribution in [3.05, 3.63) is 47.3 Å². The van der Waals surface area contributed by atoms with Gasteiger partial charge in [-0.25, -0.2) is 0 Å². The molecule has 22 heavy (non-hydrogen) atoms. The number of carbonyl (C=O) groups excluding carboxylic acids is 1. The average molecular weight is 302 g/mol. The van der Waals surface area contributed by atoms with E-state index < -0.39 is 0 Å². The normalized spacial score (nSPS) is 14.0. The Morgan fingerprint density at radius 1 is 0.909 bits per heavy atom. The van der Waals surface area contributed by atoms with Gasteiger partial charge in [0.1, 0.15) is 17.3 Å². The van der Waals surface area contributed by atoms with Crippen LogP contribution in [-0.4, -0.2) is 5.78 Å². The van der Waals surface area contributed by atoms with Crippen LogP contribution in [0.3, 0.4) is 0 Å². The van der Waals surface area contributed by atoms with Gasteiger partial charge in [-0.05, 0) is 48.9 Å². The Bertz CT molecular complexity index is 553. The van der Waals surface area contributed by atoms with Gasteiger partial charge < -0.3 is 8.83 Å². The molecule has 0 aliphatic rings. The van der Waals surface area contributed by atoms with E-state index in [1.54, 1.807) is 12.5 Å². The first kappa shape index (κ1) is 16.6. The van der Waals surface area contributed by atoms with Crippen LogP contribution in [0.25, 0.3) is 0 Å². The van der Waals surface area contributed by atoms with Crippen molar-refractivity contribution in [1.82, 2.24) is 0 Å². The lowest BCUT2D eigenvalue weighted by Crippen LogP contribution is -2.13. The summed E-state index contributed by atoms with van der Waals surface area (Å²) in [5.41, 5.74) is 2.34. The van der Waals surface area contributed by atoms with E-state index in [2.05, 4.69) is 13.8 Å². The first-order valence-corrected chi connectivity index (χ1v) is 8.03. The number of hydrogen-bond donors (Lipinski definition) is 0. The molecular weight excluding hydrogens is 276 g/mol. The van der Waals surface area contributed by atoms with E-state index in [0.717, 1.165) is 24.4 Å². The quantitative estimate of drug-likeness (QED) is 0.697. The first-order valence-electron chi connectivity index (χ1n) is 8.03. The Labute approximate surface area is 132 Å². The summed E-state index contributed by atoms with van der Waals surface area (Å²) in [6.45, 7) is 8.31. The summed E-state index contributed by atoms with van der Waals surface area (Å²) in [6, 6.07) is 3.94. The monoisotopic (exact) mass is 302 g/mol. The van der Waals surface area contributed by atoms with Crippen molar-refractivity contribution in [1.29, 1.82) is 0 Å². The van der Waals surface area contributed by atoms with Crippen LogP contribution in [-0.2, 0) is 17.6 Å². The molecule has 0 spiro atoms. The van der Waals surface area contributed by atoms with Gasteiger partial charge >= 0.3 is 0 Å². The van der Waals surface area contributed by atoms with E-state index in [9.17, 15) is 4.79 Å². The molecule has 120 valence electrons. The molecule has 0 radical (unpaired) electrons. The highest BCUT2D eigenvalue weighted by molar-refractivity contribution is 5.78. The summed E-state index contributed by atoms with van der Waals surface area (Å²) < 4.78 is 10.9. The second-order valence-corrected chi connectivity index (χ2v) is 6.62. The fourth-order valence-corrected chi connectivity index (χ4v) is 2.86. The summed E-state index contributed by atoms with van der Waals surface area (Å²) in [5, 5.41) is 0. The predicted octanol–water partition coefficient (Wildman–Crippen LogP) is 4.90. The van der Waals surface area contributed by atoms with E-state index in [4.69, 9.17) is 8.83 Å². The molecule has 2 aromatic heterocycles. The maximum atomic E-state index is 12.2. The summed E-state index contributed by atoms with van der Waals surface area (Å²) >= 11 is 0. The van der Waals surface area contributed by atoms with Gasteiger partial charge in [0, 0.05) is 25.7 Å². The molecule has 0 aliphatic heterocycles. The van der Waals surface area contributed by atoms with Crippen molar-refractivity contribution in [2.45, 2.75) is 53.4 Å². The van der Waals surface area contributed by atoms with Crippen molar-refractivity contribution in [2.75, 3.05) is 0 Å². The lowest BCUT2D eigenvalue weighted by Gasteiger charge is -2.13. The Balaban J connectivity index is 1.77. The Kier molecular flexibility index (Phi) is 5.64. The van der Waals surface area contributed by atoms with Crippen LogP contribution in [0.4, 0.5) is 0 Å². The molecule has 2 unspecified atom stereocenters. The maximum absolute atomic E-state index is 12.2. The number of Topliss-reactive ketones (excluding diaryl/α,β-unsaturated/α-hetero) is 1. The molecule has 0 aliphatic carbocycles. The standard InChI is InChI=1S/C19H26O3/c1-13(11-18-15(3)5-7-21-18)9-17(20)10-14(2)12-19-16(4)6-8-22-19/h5-8,13-14H,9-12H2,1-4H3. The van der Waals surface area contributed by atoms with Gasteiger partial charge in [-0.15, -0.1) is 0 Å². The molecular formula is C19H26O3. The molecule has 2 rings (SSSR count). The largest absolute Gasteiger partial charge is 0.469 e. The number of aryl methyl sites for hydroxylation is 2. The predicted molar refractivity (Wildman–Crippen MR) is 86.9 cm³/mol. The number of hydrogen-bond acceptors (Lipinski definition) is 3. The topological polar surface area (TPSA) is 43.4 Å². The second-order valence-electron chi connectivity index (χ2n) is 6.62. The molecule has 2 aromatic rings. The van der Waals surface area contributed by atoms with Crippen LogP contribution in [0.2, 0.25) is 0 Å². The fourth-order valence-electron chi connectivity index (χ4n) is 2.86. The fraction of sp³-hybridized carbons (Fsp3) is 0.526. The van der Waals surface area contributed by atoms with E-state index >= 15 is 0 Å². The number of furan rings is 2. The van der Waals surface area contributed by atoms with Gasteiger partial charge in [0.25, 0.3) is 0 Å². The van der Waals surface area contributed by atoms with Gasteiger partial charge in [0.15, 0.2) is 0 Å². The van der Waals surface area contributed by atoms with E-state index in [1.807, 2.05) is 26.0 Å². The summed E-state index contributed by atoms with van der Waals surface area (Å²) in [6.07, 6.45) is 6.32. The summed E-state index contributed by atoms with van der Waals surface area (Å²) in [4.78, 5) is 12.2. The van der Waals surface area contributed by atoms with Crippen LogP contribution in [0.5, 0.6) is 0 Å². The average Bonchev–Trinajstić information content (AvgIpc) is 2.99. The zero-order chi connectivity index (χ0) is 16.1. The Morgan fingerprint density at radius 2 is 1.32 bits per heavy atom. The molecule has 0 aromatic carbocycles. The third-order valence-corrected chi connectivity index (χ3v) is 4.16. The first-order chi connectivity index (χ1) is 10.5. The van der Waals surface area contributed by atoms with Crippen molar-refractivity contribution in [3.63, 3.8) is 0 Å². The molecule has 2 atom stereocenters. The zero-order valence-corrected chi connectivity index (χ0v) is 14.0. The van der Waals surface area contributed by atoms with Crippen LogP contribution in [0.1, 0.15) is 49.3 Å². The minimum absolute atomic E-state index is 0.315. The van der Waals surface area contributed by atoms with Crippen molar-refractivity contribution >= 4 is 5.78 Å². The summed E-state index contributed by atoms with van der Waals surface area (Å²) in [7, 11) is 0. The van der Waals surface area contributed by atoms with Crippen LogP contribution < -0.4 is 0 Å². The molecule has 0 fully saturated rings.